The number of aromatic nitrogens is 1. The number of hydrogen-bond donors (Lipinski definition) is 1. The Labute approximate surface area is 175 Å². The van der Waals surface area contributed by atoms with E-state index in [1.165, 1.54) is 0 Å². The summed E-state index contributed by atoms with van der Waals surface area (Å²) in [6, 6.07) is 20.3. The number of anilines is 1. The molecule has 3 rings (SSSR count). The minimum absolute atomic E-state index is 0.231. The summed E-state index contributed by atoms with van der Waals surface area (Å²) >= 11 is 6.09. The van der Waals surface area contributed by atoms with Gasteiger partial charge in [-0.05, 0) is 54.1 Å². The van der Waals surface area contributed by atoms with Crippen LogP contribution in [0, 0.1) is 11.3 Å². The molecule has 0 aliphatic carbocycles. The van der Waals surface area contributed by atoms with Crippen molar-refractivity contribution in [1.29, 1.82) is 5.26 Å². The summed E-state index contributed by atoms with van der Waals surface area (Å²) < 4.78 is 2.09. The van der Waals surface area contributed by atoms with Crippen LogP contribution < -0.4 is 5.32 Å². The average molecular weight is 405 g/mol. The van der Waals surface area contributed by atoms with E-state index in [1.54, 1.807) is 35.2 Å². The quantitative estimate of drug-likeness (QED) is 0.544. The molecule has 5 nitrogen and oxygen atoms in total. The Morgan fingerprint density at radius 2 is 2.00 bits per heavy atom. The van der Waals surface area contributed by atoms with Gasteiger partial charge >= 0.3 is 6.03 Å². The third-order valence-corrected chi connectivity index (χ3v) is 4.66. The first-order valence-corrected chi connectivity index (χ1v) is 9.52. The van der Waals surface area contributed by atoms with E-state index in [1.807, 2.05) is 42.6 Å². The lowest BCUT2D eigenvalue weighted by Crippen LogP contribution is -2.35. The van der Waals surface area contributed by atoms with Gasteiger partial charge in [0.15, 0.2) is 0 Å². The van der Waals surface area contributed by atoms with Gasteiger partial charge in [0.25, 0.3) is 0 Å². The fourth-order valence-electron chi connectivity index (χ4n) is 2.98. The van der Waals surface area contributed by atoms with Crippen molar-refractivity contribution in [3.8, 4) is 6.07 Å². The molecule has 2 amide bonds. The Kier molecular flexibility index (Phi) is 6.72. The molecule has 0 atom stereocenters. The summed E-state index contributed by atoms with van der Waals surface area (Å²) in [5.41, 5.74) is 3.27. The van der Waals surface area contributed by atoms with Gasteiger partial charge in [0.1, 0.15) is 0 Å². The minimum atomic E-state index is -0.231. The van der Waals surface area contributed by atoms with Crippen molar-refractivity contribution < 1.29 is 4.79 Å². The van der Waals surface area contributed by atoms with Crippen LogP contribution in [0.25, 0.3) is 0 Å². The Hall–Kier alpha value is -3.49. The van der Waals surface area contributed by atoms with Crippen molar-refractivity contribution in [1.82, 2.24) is 9.47 Å². The second-order valence-corrected chi connectivity index (χ2v) is 6.98. The molecule has 0 fully saturated rings. The molecule has 0 radical (unpaired) electrons. The first kappa shape index (κ1) is 20.2. The van der Waals surface area contributed by atoms with Crippen molar-refractivity contribution >= 4 is 23.3 Å². The molecule has 6 heteroatoms. The highest BCUT2D eigenvalue weighted by Crippen LogP contribution is 2.16. The van der Waals surface area contributed by atoms with Crippen molar-refractivity contribution in [3.05, 3.63) is 101 Å². The van der Waals surface area contributed by atoms with Gasteiger partial charge < -0.3 is 14.8 Å². The van der Waals surface area contributed by atoms with Crippen LogP contribution in [0.15, 0.2) is 79.5 Å². The number of halogens is 1. The van der Waals surface area contributed by atoms with E-state index in [9.17, 15) is 4.79 Å². The third kappa shape index (κ3) is 5.50. The highest BCUT2D eigenvalue weighted by molar-refractivity contribution is 6.30. The highest BCUT2D eigenvalue weighted by Gasteiger charge is 2.15. The number of amides is 2. The molecule has 0 unspecified atom stereocenters. The molecular formula is C23H21ClN4O. The second kappa shape index (κ2) is 9.63. The van der Waals surface area contributed by atoms with Crippen molar-refractivity contribution in [2.24, 2.45) is 0 Å². The first-order valence-electron chi connectivity index (χ1n) is 9.14. The number of carbonyl (C=O) groups is 1. The van der Waals surface area contributed by atoms with Crippen LogP contribution >= 0.6 is 11.6 Å². The van der Waals surface area contributed by atoms with Gasteiger partial charge in [-0.25, -0.2) is 4.79 Å². The van der Waals surface area contributed by atoms with E-state index < -0.39 is 0 Å². The molecule has 0 saturated carbocycles. The maximum atomic E-state index is 12.8. The van der Waals surface area contributed by atoms with Crippen molar-refractivity contribution in [2.75, 3.05) is 11.9 Å². The Morgan fingerprint density at radius 3 is 2.69 bits per heavy atom. The summed E-state index contributed by atoms with van der Waals surface area (Å²) in [5.74, 6) is 0. The third-order valence-electron chi connectivity index (χ3n) is 4.42. The van der Waals surface area contributed by atoms with Gasteiger partial charge in [0.2, 0.25) is 0 Å². The lowest BCUT2D eigenvalue weighted by Gasteiger charge is -2.23. The molecule has 0 bridgehead atoms. The molecule has 0 saturated heterocycles. The van der Waals surface area contributed by atoms with Crippen LogP contribution in [0.3, 0.4) is 0 Å². The number of carbonyl (C=O) groups excluding carboxylic acids is 1. The zero-order valence-corrected chi connectivity index (χ0v) is 16.6. The predicted molar refractivity (Wildman–Crippen MR) is 116 cm³/mol. The molecule has 1 N–H and O–H groups in total. The SMILES string of the molecule is C=CCN(Cc1cccn1Cc1cccc(Cl)c1)C(=O)Nc1ccc(C#N)cc1. The zero-order chi connectivity index (χ0) is 20.6. The summed E-state index contributed by atoms with van der Waals surface area (Å²) in [6.07, 6.45) is 3.68. The fraction of sp³-hybridized carbons (Fsp3) is 0.130. The van der Waals surface area contributed by atoms with Gasteiger partial charge in [0, 0.05) is 35.7 Å². The van der Waals surface area contributed by atoms with Gasteiger partial charge in [0.05, 0.1) is 18.2 Å². The number of hydrogen-bond acceptors (Lipinski definition) is 2. The van der Waals surface area contributed by atoms with Gasteiger partial charge in [-0.3, -0.25) is 0 Å². The average Bonchev–Trinajstić information content (AvgIpc) is 3.15. The van der Waals surface area contributed by atoms with Crippen LogP contribution in [-0.2, 0) is 13.1 Å². The number of urea groups is 1. The molecular weight excluding hydrogens is 384 g/mol. The van der Waals surface area contributed by atoms with Gasteiger partial charge in [-0.2, -0.15) is 5.26 Å². The molecule has 0 aliphatic heterocycles. The van der Waals surface area contributed by atoms with E-state index in [0.717, 1.165) is 11.3 Å². The Bertz CT molecular complexity index is 1030. The molecule has 2 aromatic carbocycles. The Morgan fingerprint density at radius 1 is 1.21 bits per heavy atom. The van der Waals surface area contributed by atoms with Gasteiger partial charge in [-0.1, -0.05) is 29.8 Å². The van der Waals surface area contributed by atoms with Crippen LogP contribution in [0.4, 0.5) is 10.5 Å². The van der Waals surface area contributed by atoms with Crippen molar-refractivity contribution in [2.45, 2.75) is 13.1 Å². The first-order chi connectivity index (χ1) is 14.1. The number of nitrogens with one attached hydrogen (secondary N) is 1. The number of benzene rings is 2. The summed E-state index contributed by atoms with van der Waals surface area (Å²) in [7, 11) is 0. The molecule has 1 heterocycles. The maximum Gasteiger partial charge on any atom is 0.322 e. The lowest BCUT2D eigenvalue weighted by molar-refractivity contribution is 0.214. The molecule has 0 spiro atoms. The van der Waals surface area contributed by atoms with Crippen LogP contribution in [0.5, 0.6) is 0 Å². The van der Waals surface area contributed by atoms with Crippen LogP contribution in [0.1, 0.15) is 16.8 Å². The van der Waals surface area contributed by atoms with E-state index in [2.05, 4.69) is 22.5 Å². The molecule has 29 heavy (non-hydrogen) atoms. The van der Waals surface area contributed by atoms with E-state index in [-0.39, 0.29) is 6.03 Å². The zero-order valence-electron chi connectivity index (χ0n) is 15.9. The molecule has 0 aliphatic rings. The Balaban J connectivity index is 1.71. The summed E-state index contributed by atoms with van der Waals surface area (Å²) in [5, 5.41) is 12.5. The molecule has 3 aromatic rings. The molecule has 1 aromatic heterocycles. The van der Waals surface area contributed by atoms with Crippen LogP contribution in [0.2, 0.25) is 5.02 Å². The van der Waals surface area contributed by atoms with Crippen molar-refractivity contribution in [3.63, 3.8) is 0 Å². The second-order valence-electron chi connectivity index (χ2n) is 6.55. The number of nitrogens with zero attached hydrogens (tertiary/aromatic N) is 3. The normalized spacial score (nSPS) is 10.2. The monoisotopic (exact) mass is 404 g/mol. The summed E-state index contributed by atoms with van der Waals surface area (Å²) in [6.45, 7) is 5.27. The number of rotatable bonds is 7. The van der Waals surface area contributed by atoms with E-state index >= 15 is 0 Å². The smallest absolute Gasteiger partial charge is 0.322 e. The highest BCUT2D eigenvalue weighted by atomic mass is 35.5. The predicted octanol–water partition coefficient (Wildman–Crippen LogP) is 5.28. The minimum Gasteiger partial charge on any atom is -0.345 e. The summed E-state index contributed by atoms with van der Waals surface area (Å²) in [4.78, 5) is 14.4. The standard InChI is InChI=1S/C23H21ClN4O/c1-2-12-28(23(29)26-21-10-8-18(15-25)9-11-21)17-22-7-4-13-27(22)16-19-5-3-6-20(24)14-19/h2-11,13-14H,1,12,16-17H2,(H,26,29). The molecule has 146 valence electrons. The topological polar surface area (TPSA) is 61.1 Å². The van der Waals surface area contributed by atoms with Gasteiger partial charge in [-0.15, -0.1) is 6.58 Å². The fourth-order valence-corrected chi connectivity index (χ4v) is 3.19. The number of nitriles is 1. The van der Waals surface area contributed by atoms with Crippen LogP contribution in [-0.4, -0.2) is 22.0 Å². The largest absolute Gasteiger partial charge is 0.345 e. The maximum absolute atomic E-state index is 12.8. The van der Waals surface area contributed by atoms with E-state index in [4.69, 9.17) is 16.9 Å². The lowest BCUT2D eigenvalue weighted by atomic mass is 10.2. The van der Waals surface area contributed by atoms with E-state index in [0.29, 0.717) is 35.9 Å².